The quantitative estimate of drug-likeness (QED) is 0.480. The van der Waals surface area contributed by atoms with Crippen LogP contribution in [0, 0.1) is 0 Å². The largest absolute Gasteiger partial charge is 0.330 e. The van der Waals surface area contributed by atoms with Gasteiger partial charge in [0.15, 0.2) is 0 Å². The first-order chi connectivity index (χ1) is 4.62. The summed E-state index contributed by atoms with van der Waals surface area (Å²) in [4.78, 5) is 0. The first kappa shape index (κ1) is 9.92. The first-order valence-corrected chi connectivity index (χ1v) is 7.24. The van der Waals surface area contributed by atoms with E-state index in [2.05, 4.69) is 25.4 Å². The van der Waals surface area contributed by atoms with Crippen LogP contribution >= 0.6 is 0 Å². The van der Waals surface area contributed by atoms with Crippen LogP contribution in [0.5, 0.6) is 0 Å². The van der Waals surface area contributed by atoms with E-state index in [0.717, 1.165) is 6.54 Å². The van der Waals surface area contributed by atoms with E-state index in [1.807, 2.05) is 0 Å². The maximum atomic E-state index is 5.39. The lowest BCUT2D eigenvalue weighted by molar-refractivity contribution is 0.798. The van der Waals surface area contributed by atoms with E-state index in [9.17, 15) is 0 Å². The van der Waals surface area contributed by atoms with Crippen molar-refractivity contribution in [3.8, 4) is 0 Å². The van der Waals surface area contributed by atoms with Crippen molar-refractivity contribution >= 4 is 8.07 Å². The number of hydrogen-bond acceptors (Lipinski definition) is 1. The molecular formula is C8H19NSi. The molecule has 0 amide bonds. The highest BCUT2D eigenvalue weighted by atomic mass is 28.3. The molecular weight excluding hydrogens is 138 g/mol. The first-order valence-electron chi connectivity index (χ1n) is 3.96. The molecule has 0 fully saturated rings. The molecule has 0 atom stereocenters. The minimum Gasteiger partial charge on any atom is -0.330 e. The van der Waals surface area contributed by atoms with Crippen LogP contribution in [-0.4, -0.2) is 14.6 Å². The molecule has 0 heterocycles. The highest BCUT2D eigenvalue weighted by Gasteiger charge is 2.13. The Balaban J connectivity index is 3.37. The van der Waals surface area contributed by atoms with Crippen LogP contribution in [0.1, 0.15) is 12.8 Å². The lowest BCUT2D eigenvalue weighted by Crippen LogP contribution is -2.21. The van der Waals surface area contributed by atoms with Gasteiger partial charge in [-0.15, -0.1) is 12.3 Å². The van der Waals surface area contributed by atoms with Gasteiger partial charge in [-0.05, 0) is 13.0 Å². The van der Waals surface area contributed by atoms with Crippen LogP contribution in [0.4, 0.5) is 0 Å². The van der Waals surface area contributed by atoms with E-state index in [0.29, 0.717) is 0 Å². The molecule has 0 aromatic heterocycles. The minimum absolute atomic E-state index is 0.835. The smallest absolute Gasteiger partial charge is 0.0709 e. The molecule has 0 aliphatic carbocycles. The summed E-state index contributed by atoms with van der Waals surface area (Å²) in [5, 5.41) is 0. The van der Waals surface area contributed by atoms with Crippen LogP contribution < -0.4 is 5.73 Å². The Morgan fingerprint density at radius 2 is 2.00 bits per heavy atom. The Morgan fingerprint density at radius 3 is 2.40 bits per heavy atom. The van der Waals surface area contributed by atoms with Gasteiger partial charge in [0.05, 0.1) is 8.07 Å². The van der Waals surface area contributed by atoms with Gasteiger partial charge in [-0.1, -0.05) is 25.6 Å². The summed E-state index contributed by atoms with van der Waals surface area (Å²) in [6, 6.07) is 1.34. The number of rotatable bonds is 5. The van der Waals surface area contributed by atoms with Crippen molar-refractivity contribution in [1.29, 1.82) is 0 Å². The SMILES string of the molecule is C=C[Si](C)(C)CCCCN. The van der Waals surface area contributed by atoms with E-state index in [-0.39, 0.29) is 0 Å². The van der Waals surface area contributed by atoms with Crippen LogP contribution in [-0.2, 0) is 0 Å². The molecule has 0 saturated carbocycles. The van der Waals surface area contributed by atoms with Crippen LogP contribution in [0.3, 0.4) is 0 Å². The van der Waals surface area contributed by atoms with Gasteiger partial charge >= 0.3 is 0 Å². The summed E-state index contributed by atoms with van der Waals surface area (Å²) in [5.74, 6) is 0. The van der Waals surface area contributed by atoms with Gasteiger partial charge in [0.25, 0.3) is 0 Å². The van der Waals surface area contributed by atoms with Crippen LogP contribution in [0.25, 0.3) is 0 Å². The molecule has 0 aromatic carbocycles. The van der Waals surface area contributed by atoms with Crippen molar-refractivity contribution in [1.82, 2.24) is 0 Å². The predicted octanol–water partition coefficient (Wildman–Crippen LogP) is 2.16. The maximum absolute atomic E-state index is 5.39. The molecule has 0 spiro atoms. The number of hydrogen-bond donors (Lipinski definition) is 1. The third-order valence-electron chi connectivity index (χ3n) is 1.83. The van der Waals surface area contributed by atoms with Crippen molar-refractivity contribution < 1.29 is 0 Å². The Labute approximate surface area is 65.3 Å². The lowest BCUT2D eigenvalue weighted by atomic mass is 10.3. The van der Waals surface area contributed by atoms with Gasteiger partial charge in [-0.25, -0.2) is 0 Å². The molecule has 0 aromatic rings. The summed E-state index contributed by atoms with van der Waals surface area (Å²) in [7, 11) is -1.01. The second kappa shape index (κ2) is 4.69. The van der Waals surface area contributed by atoms with Crippen molar-refractivity contribution in [3.05, 3.63) is 12.3 Å². The van der Waals surface area contributed by atoms with Gasteiger partial charge in [0, 0.05) is 0 Å². The highest BCUT2D eigenvalue weighted by molar-refractivity contribution is 6.82. The normalized spacial score (nSPS) is 11.5. The zero-order valence-electron chi connectivity index (χ0n) is 7.19. The van der Waals surface area contributed by atoms with Gasteiger partial charge < -0.3 is 5.73 Å². The lowest BCUT2D eigenvalue weighted by Gasteiger charge is -2.15. The molecule has 2 heteroatoms. The molecule has 2 N–H and O–H groups in total. The van der Waals surface area contributed by atoms with Gasteiger partial charge in [-0.2, -0.15) is 0 Å². The van der Waals surface area contributed by atoms with Gasteiger partial charge in [0.1, 0.15) is 0 Å². The van der Waals surface area contributed by atoms with E-state index in [4.69, 9.17) is 5.73 Å². The summed E-state index contributed by atoms with van der Waals surface area (Å²) < 4.78 is 0. The summed E-state index contributed by atoms with van der Waals surface area (Å²) >= 11 is 0. The number of nitrogens with two attached hydrogens (primary N) is 1. The molecule has 1 nitrogen and oxygen atoms in total. The molecule has 0 aliphatic rings. The second-order valence-electron chi connectivity index (χ2n) is 3.44. The number of unbranched alkanes of at least 4 members (excludes halogenated alkanes) is 1. The fourth-order valence-corrected chi connectivity index (χ4v) is 2.19. The molecule has 0 rings (SSSR count). The highest BCUT2D eigenvalue weighted by Crippen LogP contribution is 2.13. The molecule has 0 unspecified atom stereocenters. The maximum Gasteiger partial charge on any atom is 0.0709 e. The Hall–Kier alpha value is -0.0831. The summed E-state index contributed by atoms with van der Waals surface area (Å²) in [5.41, 5.74) is 7.55. The Bertz CT molecular complexity index is 99.4. The molecule has 0 saturated heterocycles. The van der Waals surface area contributed by atoms with E-state index in [1.165, 1.54) is 18.9 Å². The third-order valence-corrected chi connectivity index (χ3v) is 4.58. The van der Waals surface area contributed by atoms with Crippen molar-refractivity contribution in [2.24, 2.45) is 5.73 Å². The monoisotopic (exact) mass is 157 g/mol. The van der Waals surface area contributed by atoms with Crippen LogP contribution in [0.2, 0.25) is 19.1 Å². The van der Waals surface area contributed by atoms with Gasteiger partial charge in [-0.3, -0.25) is 0 Å². The molecule has 10 heavy (non-hydrogen) atoms. The molecule has 0 radical (unpaired) electrons. The third kappa shape index (κ3) is 4.76. The van der Waals surface area contributed by atoms with Crippen molar-refractivity contribution in [2.75, 3.05) is 6.54 Å². The Kier molecular flexibility index (Phi) is 4.65. The predicted molar refractivity (Wildman–Crippen MR) is 50.8 cm³/mol. The van der Waals surface area contributed by atoms with E-state index in [1.54, 1.807) is 0 Å². The molecule has 0 bridgehead atoms. The fourth-order valence-electron chi connectivity index (χ4n) is 0.827. The van der Waals surface area contributed by atoms with Gasteiger partial charge in [0.2, 0.25) is 0 Å². The van der Waals surface area contributed by atoms with E-state index < -0.39 is 8.07 Å². The summed E-state index contributed by atoms with van der Waals surface area (Å²) in [6.45, 7) is 9.36. The zero-order chi connectivity index (χ0) is 8.04. The standard InChI is InChI=1S/C8H19NSi/c1-4-10(2,3)8-6-5-7-9/h4H,1,5-9H2,2-3H3. The van der Waals surface area contributed by atoms with Crippen LogP contribution in [0.15, 0.2) is 12.3 Å². The van der Waals surface area contributed by atoms with E-state index >= 15 is 0 Å². The molecule has 0 aliphatic heterocycles. The van der Waals surface area contributed by atoms with Crippen molar-refractivity contribution in [3.63, 3.8) is 0 Å². The Morgan fingerprint density at radius 1 is 1.40 bits per heavy atom. The second-order valence-corrected chi connectivity index (χ2v) is 8.32. The zero-order valence-corrected chi connectivity index (χ0v) is 8.19. The fraction of sp³-hybridized carbons (Fsp3) is 0.750. The average molecular weight is 157 g/mol. The summed E-state index contributed by atoms with van der Waals surface area (Å²) in [6.07, 6.45) is 2.45. The average Bonchev–Trinajstić information content (AvgIpc) is 1.89. The molecule has 60 valence electrons. The minimum atomic E-state index is -1.01. The topological polar surface area (TPSA) is 26.0 Å². The van der Waals surface area contributed by atoms with Crippen molar-refractivity contribution in [2.45, 2.75) is 32.0 Å².